The lowest BCUT2D eigenvalue weighted by Crippen LogP contribution is -2.26. The first-order chi connectivity index (χ1) is 14.8. The van der Waals surface area contributed by atoms with Crippen molar-refractivity contribution in [3.05, 3.63) is 88.3 Å². The van der Waals surface area contributed by atoms with Gasteiger partial charge in [0.15, 0.2) is 0 Å². The Hall–Kier alpha value is -3.56. The number of hydrogen-bond donors (Lipinski definition) is 3. The van der Waals surface area contributed by atoms with Crippen LogP contribution in [0, 0.1) is 0 Å². The van der Waals surface area contributed by atoms with Crippen LogP contribution < -0.4 is 15.7 Å². The number of carbonyl (C=O) groups is 1. The highest BCUT2D eigenvalue weighted by atomic mass is 35.5. The number of nitrogens with one attached hydrogen (secondary N) is 3. The summed E-state index contributed by atoms with van der Waals surface area (Å²) in [5, 5.41) is 2.89. The Morgan fingerprint density at radius 1 is 1.00 bits per heavy atom. The smallest absolute Gasteiger partial charge is 0.324 e. The molecule has 0 spiro atoms. The number of anilines is 2. The number of carbonyl (C=O) groups excluding carboxylic acids is 1. The molecule has 1 aromatic heterocycles. The van der Waals surface area contributed by atoms with Gasteiger partial charge in [-0.1, -0.05) is 41.9 Å². The molecule has 0 aliphatic carbocycles. The first kappa shape index (κ1) is 20.7. The quantitative estimate of drug-likeness (QED) is 0.412. The third kappa shape index (κ3) is 4.47. The molecule has 0 saturated heterocycles. The zero-order valence-corrected chi connectivity index (χ0v) is 17.6. The summed E-state index contributed by atoms with van der Waals surface area (Å²) in [6.45, 7) is -0.225. The van der Waals surface area contributed by atoms with E-state index < -0.39 is 21.6 Å². The van der Waals surface area contributed by atoms with Crippen molar-refractivity contribution in [3.63, 3.8) is 0 Å². The molecule has 31 heavy (non-hydrogen) atoms. The average Bonchev–Trinajstić information content (AvgIpc) is 3.05. The zero-order valence-electron chi connectivity index (χ0n) is 16.0. The molecule has 0 radical (unpaired) electrons. The molecule has 1 heterocycles. The summed E-state index contributed by atoms with van der Waals surface area (Å²) in [5.41, 5.74) is 1.34. The van der Waals surface area contributed by atoms with Crippen molar-refractivity contribution in [2.24, 2.45) is 0 Å². The van der Waals surface area contributed by atoms with Gasteiger partial charge in [0.25, 0.3) is 10.0 Å². The van der Waals surface area contributed by atoms with E-state index in [0.717, 1.165) is 0 Å². The van der Waals surface area contributed by atoms with E-state index in [4.69, 9.17) is 11.6 Å². The Balaban J connectivity index is 1.53. The molecule has 4 aromatic rings. The predicted molar refractivity (Wildman–Crippen MR) is 120 cm³/mol. The van der Waals surface area contributed by atoms with E-state index in [-0.39, 0.29) is 27.8 Å². The number of hydrogen-bond acceptors (Lipinski definition) is 4. The molecule has 4 rings (SSSR count). The number of H-pyrrole nitrogens is 1. The van der Waals surface area contributed by atoms with Crippen LogP contribution in [0.4, 0.5) is 11.4 Å². The Morgan fingerprint density at radius 2 is 1.74 bits per heavy atom. The second kappa shape index (κ2) is 8.29. The van der Waals surface area contributed by atoms with Crippen LogP contribution in [0.15, 0.2) is 82.5 Å². The molecule has 0 bridgehead atoms. The van der Waals surface area contributed by atoms with Crippen LogP contribution in [0.25, 0.3) is 11.0 Å². The van der Waals surface area contributed by atoms with Crippen LogP contribution in [-0.4, -0.2) is 23.9 Å². The highest BCUT2D eigenvalue weighted by Crippen LogP contribution is 2.25. The number of aromatic nitrogens is 2. The van der Waals surface area contributed by atoms with Crippen LogP contribution in [0.3, 0.4) is 0 Å². The van der Waals surface area contributed by atoms with Crippen LogP contribution >= 0.6 is 11.6 Å². The maximum Gasteiger partial charge on any atom is 0.326 e. The number of sulfonamides is 1. The van der Waals surface area contributed by atoms with E-state index in [1.54, 1.807) is 54.6 Å². The summed E-state index contributed by atoms with van der Waals surface area (Å²) in [4.78, 5) is 27.3. The molecule has 0 aliphatic heterocycles. The van der Waals surface area contributed by atoms with Gasteiger partial charge in [0.1, 0.15) is 6.54 Å². The zero-order chi connectivity index (χ0) is 22.0. The second-order valence-electron chi connectivity index (χ2n) is 6.69. The number of nitrogens with zero attached hydrogens (tertiary/aromatic N) is 1. The molecule has 3 N–H and O–H groups in total. The van der Waals surface area contributed by atoms with Gasteiger partial charge in [0.05, 0.1) is 26.6 Å². The summed E-state index contributed by atoms with van der Waals surface area (Å²) >= 11 is 6.03. The van der Waals surface area contributed by atoms with Gasteiger partial charge in [0, 0.05) is 5.69 Å². The van der Waals surface area contributed by atoms with Crippen molar-refractivity contribution in [1.29, 1.82) is 0 Å². The minimum Gasteiger partial charge on any atom is -0.324 e. The van der Waals surface area contributed by atoms with E-state index in [9.17, 15) is 18.0 Å². The lowest BCUT2D eigenvalue weighted by Gasteiger charge is -2.11. The molecule has 0 atom stereocenters. The number of fused-ring (bicyclic) bond motifs is 1. The van der Waals surface area contributed by atoms with Gasteiger partial charge in [-0.3, -0.25) is 14.1 Å². The maximum atomic E-state index is 12.7. The van der Waals surface area contributed by atoms with E-state index in [0.29, 0.717) is 11.0 Å². The van der Waals surface area contributed by atoms with Crippen LogP contribution in [0.1, 0.15) is 0 Å². The molecule has 3 aromatic carbocycles. The number of aromatic amines is 1. The summed E-state index contributed by atoms with van der Waals surface area (Å²) in [6.07, 6.45) is 0. The molecule has 0 unspecified atom stereocenters. The van der Waals surface area contributed by atoms with Crippen molar-refractivity contribution >= 4 is 49.9 Å². The monoisotopic (exact) mass is 456 g/mol. The van der Waals surface area contributed by atoms with E-state index >= 15 is 0 Å². The number of para-hydroxylation sites is 3. The van der Waals surface area contributed by atoms with Gasteiger partial charge in [-0.05, 0) is 42.5 Å². The highest BCUT2D eigenvalue weighted by Gasteiger charge is 2.17. The molecular formula is C21H17ClN4O4S. The molecule has 0 fully saturated rings. The fourth-order valence-electron chi connectivity index (χ4n) is 3.10. The third-order valence-electron chi connectivity index (χ3n) is 4.53. The molecule has 10 heteroatoms. The normalized spacial score (nSPS) is 11.4. The fraction of sp³-hybridized carbons (Fsp3) is 0.0476. The van der Waals surface area contributed by atoms with Crippen LogP contribution in [0.2, 0.25) is 5.02 Å². The molecule has 158 valence electrons. The van der Waals surface area contributed by atoms with Crippen molar-refractivity contribution < 1.29 is 13.2 Å². The number of imidazole rings is 1. The standard InChI is InChI=1S/C21H17ClN4O4S/c22-16-8-1-2-9-17(16)25-31(29,30)15-7-5-6-14(12-15)23-20(27)13-26-19-11-4-3-10-18(19)24-21(26)28/h1-12,25H,13H2,(H,23,27)(H,24,28). The van der Waals surface area contributed by atoms with Gasteiger partial charge >= 0.3 is 5.69 Å². The predicted octanol–water partition coefficient (Wildman–Crippen LogP) is 3.42. The van der Waals surface area contributed by atoms with E-state index in [1.165, 1.54) is 22.8 Å². The van der Waals surface area contributed by atoms with Gasteiger partial charge in [0.2, 0.25) is 5.91 Å². The molecule has 0 saturated carbocycles. The SMILES string of the molecule is O=C(Cn1c(=O)[nH]c2ccccc21)Nc1cccc(S(=O)(=O)Nc2ccccc2Cl)c1. The van der Waals surface area contributed by atoms with Crippen LogP contribution in [-0.2, 0) is 21.4 Å². The van der Waals surface area contributed by atoms with Crippen molar-refractivity contribution in [2.45, 2.75) is 11.4 Å². The largest absolute Gasteiger partial charge is 0.326 e. The Labute approximate surface area is 182 Å². The van der Waals surface area contributed by atoms with Crippen molar-refractivity contribution in [2.75, 3.05) is 10.0 Å². The van der Waals surface area contributed by atoms with Gasteiger partial charge in [-0.15, -0.1) is 0 Å². The Morgan fingerprint density at radius 3 is 2.55 bits per heavy atom. The number of halogens is 1. The summed E-state index contributed by atoms with van der Waals surface area (Å²) in [6, 6.07) is 19.3. The highest BCUT2D eigenvalue weighted by molar-refractivity contribution is 7.92. The van der Waals surface area contributed by atoms with Crippen LogP contribution in [0.5, 0.6) is 0 Å². The fourth-order valence-corrected chi connectivity index (χ4v) is 4.46. The average molecular weight is 457 g/mol. The lowest BCUT2D eigenvalue weighted by atomic mass is 10.3. The topological polar surface area (TPSA) is 113 Å². The minimum absolute atomic E-state index is 0.0468. The van der Waals surface area contributed by atoms with Crippen molar-refractivity contribution in [1.82, 2.24) is 9.55 Å². The first-order valence-corrected chi connectivity index (χ1v) is 11.0. The number of rotatable bonds is 6. The molecule has 1 amide bonds. The Kier molecular flexibility index (Phi) is 5.53. The summed E-state index contributed by atoms with van der Waals surface area (Å²) in [5.74, 6) is -0.472. The van der Waals surface area contributed by atoms with E-state index in [1.807, 2.05) is 0 Å². The lowest BCUT2D eigenvalue weighted by molar-refractivity contribution is -0.116. The molecule has 8 nitrogen and oxygen atoms in total. The third-order valence-corrected chi connectivity index (χ3v) is 6.22. The minimum atomic E-state index is -3.93. The molecule has 0 aliphatic rings. The van der Waals surface area contributed by atoms with Gasteiger partial charge in [-0.2, -0.15) is 0 Å². The van der Waals surface area contributed by atoms with E-state index in [2.05, 4.69) is 15.0 Å². The van der Waals surface area contributed by atoms with Gasteiger partial charge in [-0.25, -0.2) is 13.2 Å². The number of amides is 1. The maximum absolute atomic E-state index is 12.7. The molecular weight excluding hydrogens is 440 g/mol. The van der Waals surface area contributed by atoms with Gasteiger partial charge < -0.3 is 10.3 Å². The summed E-state index contributed by atoms with van der Waals surface area (Å²) < 4.78 is 29.1. The van der Waals surface area contributed by atoms with Crippen molar-refractivity contribution in [3.8, 4) is 0 Å². The number of benzene rings is 3. The Bertz CT molecular complexity index is 1440. The second-order valence-corrected chi connectivity index (χ2v) is 8.78. The summed E-state index contributed by atoms with van der Waals surface area (Å²) in [7, 11) is -3.93. The first-order valence-electron chi connectivity index (χ1n) is 9.18.